The molecule has 0 radical (unpaired) electrons. The molecule has 2 aromatic rings. The summed E-state index contributed by atoms with van der Waals surface area (Å²) in [5.41, 5.74) is 0.537. The molecule has 9 nitrogen and oxygen atoms in total. The summed E-state index contributed by atoms with van der Waals surface area (Å²) in [6.45, 7) is 7.63. The zero-order valence-electron chi connectivity index (χ0n) is 14.8. The Morgan fingerprint density at radius 1 is 1.00 bits per heavy atom. The van der Waals surface area contributed by atoms with Crippen LogP contribution in [-0.4, -0.2) is 78.4 Å². The van der Waals surface area contributed by atoms with Crippen LogP contribution in [0, 0.1) is 6.92 Å². The highest BCUT2D eigenvalue weighted by Crippen LogP contribution is 2.20. The molecule has 4 rings (SSSR count). The standard InChI is InChI=1S/C17H22N6O3/c1-13-14(11-20-26-13)17(24)23-4-2-21(3-5-23)15-10-16(19-12-18-15)22-6-8-25-9-7-22/h10-12H,2-9H2,1H3. The number of amides is 1. The summed E-state index contributed by atoms with van der Waals surface area (Å²) in [6.07, 6.45) is 3.10. The Labute approximate surface area is 151 Å². The average Bonchev–Trinajstić information content (AvgIpc) is 3.14. The summed E-state index contributed by atoms with van der Waals surface area (Å²) in [7, 11) is 0. The molecule has 0 bridgehead atoms. The van der Waals surface area contributed by atoms with E-state index in [1.54, 1.807) is 13.3 Å². The molecule has 0 unspecified atom stereocenters. The predicted octanol–water partition coefficient (Wildman–Crippen LogP) is 0.572. The summed E-state index contributed by atoms with van der Waals surface area (Å²) in [5, 5.41) is 3.69. The van der Waals surface area contributed by atoms with Crippen LogP contribution in [0.4, 0.5) is 11.6 Å². The Bertz CT molecular complexity index is 765. The van der Waals surface area contributed by atoms with Gasteiger partial charge in [0.05, 0.1) is 19.4 Å². The van der Waals surface area contributed by atoms with Gasteiger partial charge in [0.1, 0.15) is 29.3 Å². The number of carbonyl (C=O) groups excluding carboxylic acids is 1. The van der Waals surface area contributed by atoms with Crippen molar-refractivity contribution in [1.29, 1.82) is 0 Å². The van der Waals surface area contributed by atoms with Crippen molar-refractivity contribution in [2.75, 3.05) is 62.3 Å². The van der Waals surface area contributed by atoms with Crippen LogP contribution < -0.4 is 9.80 Å². The normalized spacial score (nSPS) is 18.3. The molecule has 0 spiro atoms. The topological polar surface area (TPSA) is 87.8 Å². The van der Waals surface area contributed by atoms with E-state index in [9.17, 15) is 4.79 Å². The number of carbonyl (C=O) groups is 1. The number of nitrogens with zero attached hydrogens (tertiary/aromatic N) is 6. The van der Waals surface area contributed by atoms with Gasteiger partial charge in [0.25, 0.3) is 5.91 Å². The molecule has 0 saturated carbocycles. The van der Waals surface area contributed by atoms with Crippen LogP contribution >= 0.6 is 0 Å². The van der Waals surface area contributed by atoms with Gasteiger partial charge in [-0.05, 0) is 6.92 Å². The number of ether oxygens (including phenoxy) is 1. The number of hydrogen-bond donors (Lipinski definition) is 0. The molecule has 0 aromatic carbocycles. The second-order valence-corrected chi connectivity index (χ2v) is 6.41. The molecule has 0 atom stereocenters. The number of hydrogen-bond acceptors (Lipinski definition) is 8. The summed E-state index contributed by atoms with van der Waals surface area (Å²) in [4.78, 5) is 27.6. The molecule has 138 valence electrons. The zero-order chi connectivity index (χ0) is 17.9. The lowest BCUT2D eigenvalue weighted by molar-refractivity contribution is 0.0744. The first kappa shape index (κ1) is 16.8. The molecule has 1 amide bonds. The molecule has 4 heterocycles. The Balaban J connectivity index is 1.40. The van der Waals surface area contributed by atoms with E-state index in [0.717, 1.165) is 51.0 Å². The Hall–Kier alpha value is -2.68. The lowest BCUT2D eigenvalue weighted by Gasteiger charge is -2.35. The summed E-state index contributed by atoms with van der Waals surface area (Å²) < 4.78 is 10.4. The van der Waals surface area contributed by atoms with Crippen LogP contribution in [0.25, 0.3) is 0 Å². The van der Waals surface area contributed by atoms with Crippen LogP contribution in [0.2, 0.25) is 0 Å². The van der Waals surface area contributed by atoms with Gasteiger partial charge < -0.3 is 24.0 Å². The fourth-order valence-electron chi connectivity index (χ4n) is 3.29. The number of anilines is 2. The average molecular weight is 358 g/mol. The Morgan fingerprint density at radius 3 is 2.27 bits per heavy atom. The van der Waals surface area contributed by atoms with Gasteiger partial charge in [-0.2, -0.15) is 0 Å². The van der Waals surface area contributed by atoms with E-state index >= 15 is 0 Å². The summed E-state index contributed by atoms with van der Waals surface area (Å²) in [5.74, 6) is 2.36. The van der Waals surface area contributed by atoms with E-state index < -0.39 is 0 Å². The van der Waals surface area contributed by atoms with E-state index in [1.165, 1.54) is 6.20 Å². The van der Waals surface area contributed by atoms with E-state index in [-0.39, 0.29) is 5.91 Å². The van der Waals surface area contributed by atoms with Crippen LogP contribution in [-0.2, 0) is 4.74 Å². The molecule has 0 N–H and O–H groups in total. The highest BCUT2D eigenvalue weighted by molar-refractivity contribution is 5.94. The van der Waals surface area contributed by atoms with Gasteiger partial charge >= 0.3 is 0 Å². The van der Waals surface area contributed by atoms with Crippen LogP contribution in [0.1, 0.15) is 16.1 Å². The van der Waals surface area contributed by atoms with E-state index in [2.05, 4.69) is 24.9 Å². The third kappa shape index (κ3) is 3.34. The molecular weight excluding hydrogens is 336 g/mol. The van der Waals surface area contributed by atoms with E-state index in [1.807, 2.05) is 11.0 Å². The highest BCUT2D eigenvalue weighted by atomic mass is 16.5. The third-order valence-corrected chi connectivity index (χ3v) is 4.85. The second kappa shape index (κ2) is 7.28. The quantitative estimate of drug-likeness (QED) is 0.787. The molecule has 2 saturated heterocycles. The molecular formula is C17H22N6O3. The monoisotopic (exact) mass is 358 g/mol. The van der Waals surface area contributed by atoms with Crippen molar-refractivity contribution in [3.63, 3.8) is 0 Å². The van der Waals surface area contributed by atoms with Crippen molar-refractivity contribution < 1.29 is 14.1 Å². The molecule has 2 fully saturated rings. The van der Waals surface area contributed by atoms with Gasteiger partial charge in [0.15, 0.2) is 0 Å². The van der Waals surface area contributed by atoms with Crippen molar-refractivity contribution in [2.24, 2.45) is 0 Å². The maximum Gasteiger partial charge on any atom is 0.259 e. The fraction of sp³-hybridized carbons (Fsp3) is 0.529. The van der Waals surface area contributed by atoms with E-state index in [0.29, 0.717) is 24.4 Å². The van der Waals surface area contributed by atoms with Gasteiger partial charge in [-0.25, -0.2) is 9.97 Å². The number of piperazine rings is 1. The number of aromatic nitrogens is 3. The first-order chi connectivity index (χ1) is 12.7. The van der Waals surface area contributed by atoms with Gasteiger partial charge in [0, 0.05) is 45.3 Å². The Kier molecular flexibility index (Phi) is 4.70. The van der Waals surface area contributed by atoms with Gasteiger partial charge in [-0.1, -0.05) is 5.16 Å². The van der Waals surface area contributed by atoms with Crippen LogP contribution in [0.15, 0.2) is 23.1 Å². The maximum absolute atomic E-state index is 12.5. The lowest BCUT2D eigenvalue weighted by atomic mass is 10.2. The lowest BCUT2D eigenvalue weighted by Crippen LogP contribution is -2.49. The molecule has 26 heavy (non-hydrogen) atoms. The van der Waals surface area contributed by atoms with Gasteiger partial charge in [-0.3, -0.25) is 4.79 Å². The van der Waals surface area contributed by atoms with Gasteiger partial charge in [-0.15, -0.1) is 0 Å². The number of rotatable bonds is 3. The SMILES string of the molecule is Cc1oncc1C(=O)N1CCN(c2cc(N3CCOCC3)ncn2)CC1. The van der Waals surface area contributed by atoms with Crippen molar-refractivity contribution >= 4 is 17.5 Å². The van der Waals surface area contributed by atoms with Crippen molar-refractivity contribution in [1.82, 2.24) is 20.0 Å². The van der Waals surface area contributed by atoms with Crippen LogP contribution in [0.5, 0.6) is 0 Å². The van der Waals surface area contributed by atoms with Crippen LogP contribution in [0.3, 0.4) is 0 Å². The largest absolute Gasteiger partial charge is 0.378 e. The number of aryl methyl sites for hydroxylation is 1. The molecule has 2 aliphatic rings. The summed E-state index contributed by atoms with van der Waals surface area (Å²) in [6, 6.07) is 2.02. The third-order valence-electron chi connectivity index (χ3n) is 4.85. The minimum atomic E-state index is -0.0277. The number of morpholine rings is 1. The molecule has 2 aromatic heterocycles. The minimum absolute atomic E-state index is 0.0277. The first-order valence-corrected chi connectivity index (χ1v) is 8.82. The van der Waals surface area contributed by atoms with Crippen molar-refractivity contribution in [3.05, 3.63) is 29.9 Å². The fourth-order valence-corrected chi connectivity index (χ4v) is 3.29. The first-order valence-electron chi connectivity index (χ1n) is 8.82. The van der Waals surface area contributed by atoms with Crippen molar-refractivity contribution in [2.45, 2.75) is 6.92 Å². The minimum Gasteiger partial charge on any atom is -0.378 e. The molecule has 2 aliphatic heterocycles. The zero-order valence-corrected chi connectivity index (χ0v) is 14.8. The van der Waals surface area contributed by atoms with Gasteiger partial charge in [0.2, 0.25) is 0 Å². The smallest absolute Gasteiger partial charge is 0.259 e. The van der Waals surface area contributed by atoms with Crippen molar-refractivity contribution in [3.8, 4) is 0 Å². The molecule has 9 heteroatoms. The maximum atomic E-state index is 12.5. The van der Waals surface area contributed by atoms with E-state index in [4.69, 9.17) is 9.26 Å². The predicted molar refractivity (Wildman–Crippen MR) is 94.4 cm³/mol. The second-order valence-electron chi connectivity index (χ2n) is 6.41. The Morgan fingerprint density at radius 2 is 1.65 bits per heavy atom. The highest BCUT2D eigenvalue weighted by Gasteiger charge is 2.25. The molecule has 0 aliphatic carbocycles. The summed E-state index contributed by atoms with van der Waals surface area (Å²) >= 11 is 0.